The molecule has 9 heteroatoms. The molecule has 0 spiro atoms. The van der Waals surface area contributed by atoms with Gasteiger partial charge in [-0.1, -0.05) is 24.3 Å². The van der Waals surface area contributed by atoms with Crippen molar-refractivity contribution in [2.45, 2.75) is 4.90 Å². The Kier molecular flexibility index (Phi) is 4.92. The van der Waals surface area contributed by atoms with Crippen molar-refractivity contribution in [3.05, 3.63) is 70.6 Å². The lowest BCUT2D eigenvalue weighted by Gasteiger charge is -2.06. The van der Waals surface area contributed by atoms with Crippen LogP contribution in [-0.2, 0) is 9.84 Å². The molecule has 2 heterocycles. The predicted molar refractivity (Wildman–Crippen MR) is 116 cm³/mol. The molecule has 4 rings (SSSR count). The Labute approximate surface area is 176 Å². The lowest BCUT2D eigenvalue weighted by atomic mass is 10.0. The first-order valence-corrected chi connectivity index (χ1v) is 11.5. The summed E-state index contributed by atoms with van der Waals surface area (Å²) < 4.78 is 29.3. The number of benzene rings is 2. The lowest BCUT2D eigenvalue weighted by molar-refractivity contribution is 0.0977. The molecular formula is C21H16N2O5S2. The first-order chi connectivity index (χ1) is 14.2. The molecule has 0 atom stereocenters. The van der Waals surface area contributed by atoms with Gasteiger partial charge in [-0.15, -0.1) is 11.3 Å². The summed E-state index contributed by atoms with van der Waals surface area (Å²) in [6.07, 6.45) is 1.14. The number of furan rings is 1. The van der Waals surface area contributed by atoms with Crippen molar-refractivity contribution in [2.24, 2.45) is 5.73 Å². The van der Waals surface area contributed by atoms with Crippen molar-refractivity contribution in [3.63, 3.8) is 0 Å². The molecule has 2 amide bonds. The third-order valence-corrected chi connectivity index (χ3v) is 6.47. The van der Waals surface area contributed by atoms with Crippen LogP contribution in [0.3, 0.4) is 0 Å². The number of thiophene rings is 1. The summed E-state index contributed by atoms with van der Waals surface area (Å²) in [5.74, 6) is -1.36. The van der Waals surface area contributed by atoms with Gasteiger partial charge >= 0.3 is 0 Å². The normalized spacial score (nSPS) is 11.5. The number of carbonyl (C=O) groups excluding carboxylic acids is 2. The maximum atomic E-state index is 12.5. The number of fused-ring (bicyclic) bond motifs is 1. The number of anilines is 1. The number of carbonyl (C=O) groups is 2. The highest BCUT2D eigenvalue weighted by Gasteiger charge is 2.22. The largest absolute Gasteiger partial charge is 0.449 e. The molecule has 0 saturated carbocycles. The number of sulfone groups is 1. The average molecular weight is 441 g/mol. The average Bonchev–Trinajstić information content (AvgIpc) is 3.36. The molecule has 0 aliphatic rings. The Morgan fingerprint density at radius 1 is 1.03 bits per heavy atom. The summed E-state index contributed by atoms with van der Waals surface area (Å²) in [7, 11) is -3.37. The van der Waals surface area contributed by atoms with E-state index in [1.807, 2.05) is 0 Å². The summed E-state index contributed by atoms with van der Waals surface area (Å²) >= 11 is 1.26. The van der Waals surface area contributed by atoms with Crippen LogP contribution >= 0.6 is 11.3 Å². The highest BCUT2D eigenvalue weighted by Crippen LogP contribution is 2.35. The van der Waals surface area contributed by atoms with Gasteiger partial charge in [-0.25, -0.2) is 8.42 Å². The molecule has 0 bridgehead atoms. The van der Waals surface area contributed by atoms with Gasteiger partial charge in [0, 0.05) is 11.6 Å². The summed E-state index contributed by atoms with van der Waals surface area (Å²) in [6, 6.07) is 15.0. The van der Waals surface area contributed by atoms with Gasteiger partial charge in [0.2, 0.25) is 5.76 Å². The van der Waals surface area contributed by atoms with Crippen molar-refractivity contribution in [3.8, 4) is 11.1 Å². The second kappa shape index (κ2) is 7.43. The molecule has 0 aliphatic carbocycles. The predicted octanol–water partition coefficient (Wildman–Crippen LogP) is 3.92. The van der Waals surface area contributed by atoms with Gasteiger partial charge in [0.25, 0.3) is 11.8 Å². The third kappa shape index (κ3) is 3.72. The number of primary amides is 1. The van der Waals surface area contributed by atoms with E-state index in [1.54, 1.807) is 53.9 Å². The van der Waals surface area contributed by atoms with Crippen molar-refractivity contribution in [1.29, 1.82) is 0 Å². The zero-order chi connectivity index (χ0) is 21.5. The molecule has 30 heavy (non-hydrogen) atoms. The number of rotatable bonds is 5. The van der Waals surface area contributed by atoms with Crippen molar-refractivity contribution < 1.29 is 22.4 Å². The molecule has 3 N–H and O–H groups in total. The van der Waals surface area contributed by atoms with Crippen LogP contribution in [0.25, 0.3) is 22.1 Å². The van der Waals surface area contributed by atoms with Crippen LogP contribution in [0.1, 0.15) is 20.2 Å². The maximum Gasteiger partial charge on any atom is 0.286 e. The number of amides is 2. The Hall–Kier alpha value is -3.43. The maximum absolute atomic E-state index is 12.5. The van der Waals surface area contributed by atoms with Gasteiger partial charge in [-0.05, 0) is 46.8 Å². The van der Waals surface area contributed by atoms with Gasteiger partial charge in [-0.3, -0.25) is 9.59 Å². The fourth-order valence-corrected chi connectivity index (χ4v) is 4.35. The topological polar surface area (TPSA) is 119 Å². The number of hydrogen-bond donors (Lipinski definition) is 2. The fraction of sp³-hybridized carbons (Fsp3) is 0.0476. The summed E-state index contributed by atoms with van der Waals surface area (Å²) in [4.78, 5) is 25.1. The molecule has 7 nitrogen and oxygen atoms in total. The van der Waals surface area contributed by atoms with Crippen LogP contribution < -0.4 is 11.1 Å². The van der Waals surface area contributed by atoms with Gasteiger partial charge in [-0.2, -0.15) is 0 Å². The van der Waals surface area contributed by atoms with Crippen LogP contribution in [0, 0.1) is 0 Å². The Balaban J connectivity index is 1.84. The minimum absolute atomic E-state index is 0.156. The molecule has 0 unspecified atom stereocenters. The van der Waals surface area contributed by atoms with Gasteiger partial charge in [0.05, 0.1) is 9.77 Å². The number of nitrogens with one attached hydrogen (secondary N) is 1. The Bertz CT molecular complexity index is 1390. The summed E-state index contributed by atoms with van der Waals surface area (Å²) in [6.45, 7) is 0. The van der Waals surface area contributed by atoms with E-state index in [0.29, 0.717) is 27.0 Å². The SMILES string of the molecule is CS(=O)(=O)c1cccc(-c2ccc3oc(C(N)=O)c(NC(=O)c4cccs4)c3c2)c1. The van der Waals surface area contributed by atoms with E-state index in [9.17, 15) is 18.0 Å². The van der Waals surface area contributed by atoms with E-state index in [-0.39, 0.29) is 22.3 Å². The summed E-state index contributed by atoms with van der Waals surface area (Å²) in [5, 5.41) is 4.96. The van der Waals surface area contributed by atoms with Gasteiger partial charge < -0.3 is 15.5 Å². The minimum Gasteiger partial charge on any atom is -0.449 e. The van der Waals surface area contributed by atoms with Gasteiger partial charge in [0.15, 0.2) is 9.84 Å². The quantitative estimate of drug-likeness (QED) is 0.487. The van der Waals surface area contributed by atoms with Crippen LogP contribution in [0.15, 0.2) is 69.3 Å². The van der Waals surface area contributed by atoms with E-state index in [0.717, 1.165) is 6.26 Å². The summed E-state index contributed by atoms with van der Waals surface area (Å²) in [5.41, 5.74) is 7.34. The lowest BCUT2D eigenvalue weighted by Crippen LogP contribution is -2.16. The smallest absolute Gasteiger partial charge is 0.286 e. The molecular weight excluding hydrogens is 424 g/mol. The third-order valence-electron chi connectivity index (χ3n) is 4.49. The van der Waals surface area contributed by atoms with E-state index < -0.39 is 15.7 Å². The molecule has 0 radical (unpaired) electrons. The molecule has 0 saturated heterocycles. The number of nitrogens with two attached hydrogens (primary N) is 1. The molecule has 2 aromatic carbocycles. The molecule has 2 aromatic heterocycles. The zero-order valence-corrected chi connectivity index (χ0v) is 17.3. The van der Waals surface area contributed by atoms with Crippen molar-refractivity contribution in [2.75, 3.05) is 11.6 Å². The second-order valence-electron chi connectivity index (χ2n) is 6.61. The highest BCUT2D eigenvalue weighted by molar-refractivity contribution is 7.90. The monoisotopic (exact) mass is 440 g/mol. The second-order valence-corrected chi connectivity index (χ2v) is 9.58. The Morgan fingerprint density at radius 3 is 2.47 bits per heavy atom. The zero-order valence-electron chi connectivity index (χ0n) is 15.7. The fourth-order valence-electron chi connectivity index (χ4n) is 3.06. The van der Waals surface area contributed by atoms with Crippen molar-refractivity contribution in [1.82, 2.24) is 0 Å². The Morgan fingerprint density at radius 2 is 1.80 bits per heavy atom. The van der Waals surface area contributed by atoms with Crippen molar-refractivity contribution >= 4 is 49.6 Å². The molecule has 0 fully saturated rings. The minimum atomic E-state index is -3.37. The van der Waals surface area contributed by atoms with Gasteiger partial charge in [0.1, 0.15) is 11.3 Å². The standard InChI is InChI=1S/C21H16N2O5S2/c1-30(26,27)14-5-2-4-12(10-14)13-7-8-16-15(11-13)18(19(28-16)20(22)24)23-21(25)17-6-3-9-29-17/h2-11H,1H3,(H2,22,24)(H,23,25). The van der Waals surface area contributed by atoms with E-state index in [4.69, 9.17) is 10.2 Å². The van der Waals surface area contributed by atoms with Crippen LogP contribution in [0.4, 0.5) is 5.69 Å². The van der Waals surface area contributed by atoms with E-state index in [1.165, 1.54) is 17.4 Å². The van der Waals surface area contributed by atoms with E-state index in [2.05, 4.69) is 5.32 Å². The van der Waals surface area contributed by atoms with Crippen LogP contribution in [0.2, 0.25) is 0 Å². The highest BCUT2D eigenvalue weighted by atomic mass is 32.2. The molecule has 4 aromatic rings. The van der Waals surface area contributed by atoms with E-state index >= 15 is 0 Å². The van der Waals surface area contributed by atoms with Crippen LogP contribution in [0.5, 0.6) is 0 Å². The molecule has 152 valence electrons. The number of hydrogen-bond acceptors (Lipinski definition) is 6. The van der Waals surface area contributed by atoms with Crippen LogP contribution in [-0.4, -0.2) is 26.5 Å². The first kappa shape index (κ1) is 19.9. The molecule has 0 aliphatic heterocycles. The first-order valence-electron chi connectivity index (χ1n) is 8.76.